The highest BCUT2D eigenvalue weighted by Gasteiger charge is 2.80. The first kappa shape index (κ1) is 18.8. The Morgan fingerprint density at radius 1 is 0.833 bits per heavy atom. The molecular formula is C18H18N2O7S3. The van der Waals surface area contributed by atoms with Crippen LogP contribution in [0.4, 0.5) is 0 Å². The van der Waals surface area contributed by atoms with Crippen LogP contribution in [0.25, 0.3) is 0 Å². The fourth-order valence-electron chi connectivity index (χ4n) is 6.87. The van der Waals surface area contributed by atoms with Crippen LogP contribution < -0.4 is 0 Å². The third kappa shape index (κ3) is 1.72. The molecule has 160 valence electrons. The molecule has 30 heavy (non-hydrogen) atoms. The number of hydrogen-bond donors (Lipinski definition) is 3. The fourth-order valence-corrected chi connectivity index (χ4v) is 12.2. The van der Waals surface area contributed by atoms with E-state index in [2.05, 4.69) is 0 Å². The first-order valence-electron chi connectivity index (χ1n) is 10.0. The Morgan fingerprint density at radius 2 is 1.47 bits per heavy atom. The van der Waals surface area contributed by atoms with E-state index in [1.807, 2.05) is 0 Å². The molecule has 1 spiro atoms. The van der Waals surface area contributed by atoms with Crippen molar-refractivity contribution in [3.8, 4) is 0 Å². The Hall–Kier alpha value is -0.790. The van der Waals surface area contributed by atoms with E-state index in [-0.39, 0.29) is 42.0 Å². The number of fused-ring (bicyclic) bond motifs is 3. The van der Waals surface area contributed by atoms with Gasteiger partial charge in [0.25, 0.3) is 11.8 Å². The molecule has 6 bridgehead atoms. The van der Waals surface area contributed by atoms with Gasteiger partial charge in [0.1, 0.15) is 18.0 Å². The lowest BCUT2D eigenvalue weighted by atomic mass is 9.79. The van der Waals surface area contributed by atoms with Crippen LogP contribution in [0.1, 0.15) is 19.3 Å². The number of thioether (sulfide) groups is 1. The van der Waals surface area contributed by atoms with Crippen LogP contribution >= 0.6 is 33.3 Å². The average molecular weight is 471 g/mol. The quantitative estimate of drug-likeness (QED) is 0.353. The summed E-state index contributed by atoms with van der Waals surface area (Å²) in [6, 6.07) is -1.70. The summed E-state index contributed by atoms with van der Waals surface area (Å²) in [5.74, 6) is -2.31. The molecule has 0 aromatic rings. The van der Waals surface area contributed by atoms with Gasteiger partial charge in [-0.2, -0.15) is 0 Å². The maximum atomic E-state index is 14.1. The summed E-state index contributed by atoms with van der Waals surface area (Å²) in [6.45, 7) is 0. The Labute approximate surface area is 182 Å². The van der Waals surface area contributed by atoms with Crippen molar-refractivity contribution >= 4 is 56.7 Å². The normalized spacial score (nSPS) is 57.8. The zero-order chi connectivity index (χ0) is 20.9. The van der Waals surface area contributed by atoms with Crippen LogP contribution in [-0.4, -0.2) is 99.1 Å². The molecule has 11 atom stereocenters. The molecule has 2 saturated carbocycles. The molecule has 0 unspecified atom stereocenters. The van der Waals surface area contributed by atoms with Crippen LogP contribution in [0, 0.1) is 11.8 Å². The SMILES string of the molecule is O=C1C[C@@H]2SS[C@@]34C[C@@H]1[C@@H]([C@H]2O)N3C(=O)[C@@]12C[C@H]3C(=O)[C@H](S1)[C@H](O)[C@H](O)[C@H]3N2C4=O. The molecule has 0 aromatic heterocycles. The van der Waals surface area contributed by atoms with E-state index in [0.29, 0.717) is 0 Å². The molecule has 7 rings (SSSR count). The molecule has 0 radical (unpaired) electrons. The Morgan fingerprint density at radius 3 is 2.23 bits per heavy atom. The largest absolute Gasteiger partial charge is 0.390 e. The zero-order valence-electron chi connectivity index (χ0n) is 15.4. The predicted octanol–water partition coefficient (Wildman–Crippen LogP) is -1.66. The minimum atomic E-state index is -1.38. The second kappa shape index (κ2) is 5.40. The highest BCUT2D eigenvalue weighted by molar-refractivity contribution is 8.77. The van der Waals surface area contributed by atoms with Crippen molar-refractivity contribution in [3.05, 3.63) is 0 Å². The standard InChI is InChI=1S/C18H18N2O7S3/c21-6-1-7-11(23)8-4(6)2-18(30-29-7)16(27)19-9-5-3-17(19,15(26)20(8)18)28-14(10(5)22)13(25)12(9)24/h4-5,7-9,11-14,23-25H,1-3H2/t4-,5+,7-,8-,9-,11-,12+,13+,14-,17+,18+/m0/s1. The first-order chi connectivity index (χ1) is 14.2. The first-order valence-corrected chi connectivity index (χ1v) is 13.1. The summed E-state index contributed by atoms with van der Waals surface area (Å²) in [4.78, 5) is 53.9. The van der Waals surface area contributed by atoms with Crippen molar-refractivity contribution in [2.24, 2.45) is 11.8 Å². The minimum absolute atomic E-state index is 0.0311. The van der Waals surface area contributed by atoms with E-state index in [0.717, 1.165) is 11.8 Å². The molecule has 7 fully saturated rings. The van der Waals surface area contributed by atoms with Gasteiger partial charge in [0.2, 0.25) is 0 Å². The molecule has 5 heterocycles. The third-order valence-corrected chi connectivity index (χ3v) is 13.3. The van der Waals surface area contributed by atoms with Crippen LogP contribution in [-0.2, 0) is 19.2 Å². The number of amides is 2. The third-order valence-electron chi connectivity index (χ3n) is 8.13. The van der Waals surface area contributed by atoms with Gasteiger partial charge in [-0.1, -0.05) is 21.6 Å². The lowest BCUT2D eigenvalue weighted by Gasteiger charge is -2.53. The monoisotopic (exact) mass is 470 g/mol. The van der Waals surface area contributed by atoms with Crippen molar-refractivity contribution in [2.75, 3.05) is 0 Å². The van der Waals surface area contributed by atoms with Gasteiger partial charge in [-0.25, -0.2) is 0 Å². The molecular weight excluding hydrogens is 452 g/mol. The lowest BCUT2D eigenvalue weighted by molar-refractivity contribution is -0.171. The van der Waals surface area contributed by atoms with Gasteiger partial charge in [-0.3, -0.25) is 19.2 Å². The maximum absolute atomic E-state index is 14.1. The minimum Gasteiger partial charge on any atom is -0.390 e. The number of aliphatic hydroxyl groups excluding tert-OH is 3. The number of hydrogen-bond acceptors (Lipinski definition) is 10. The van der Waals surface area contributed by atoms with Crippen LogP contribution in [0.2, 0.25) is 0 Å². The molecule has 2 amide bonds. The second-order valence-corrected chi connectivity index (χ2v) is 13.5. The van der Waals surface area contributed by atoms with Crippen molar-refractivity contribution in [2.45, 2.75) is 69.9 Å². The molecule has 3 N–H and O–H groups in total. The van der Waals surface area contributed by atoms with E-state index >= 15 is 0 Å². The maximum Gasteiger partial charge on any atom is 0.261 e. The predicted molar refractivity (Wildman–Crippen MR) is 106 cm³/mol. The zero-order valence-corrected chi connectivity index (χ0v) is 17.9. The molecule has 12 heteroatoms. The van der Waals surface area contributed by atoms with Crippen LogP contribution in [0.3, 0.4) is 0 Å². The molecule has 9 nitrogen and oxygen atoms in total. The van der Waals surface area contributed by atoms with E-state index in [9.17, 15) is 34.5 Å². The fraction of sp³-hybridized carbons (Fsp3) is 0.778. The molecule has 2 aliphatic carbocycles. The smallest absolute Gasteiger partial charge is 0.261 e. The van der Waals surface area contributed by atoms with Crippen molar-refractivity contribution in [3.63, 3.8) is 0 Å². The summed E-state index contributed by atoms with van der Waals surface area (Å²) in [7, 11) is 2.50. The van der Waals surface area contributed by atoms with E-state index in [1.54, 1.807) is 0 Å². The topological polar surface area (TPSA) is 135 Å². The Kier molecular flexibility index (Phi) is 3.37. The van der Waals surface area contributed by atoms with Crippen LogP contribution in [0.5, 0.6) is 0 Å². The Bertz CT molecular complexity index is 932. The average Bonchev–Trinajstić information content (AvgIpc) is 3.17. The summed E-state index contributed by atoms with van der Waals surface area (Å²) in [5.41, 5.74) is 0. The molecule has 7 aliphatic rings. The summed E-state index contributed by atoms with van der Waals surface area (Å²) in [5, 5.41) is 30.9. The van der Waals surface area contributed by atoms with Gasteiger partial charge in [-0.15, -0.1) is 11.8 Å². The summed E-state index contributed by atoms with van der Waals surface area (Å²) in [6.07, 6.45) is -3.10. The van der Waals surface area contributed by atoms with Gasteiger partial charge in [0, 0.05) is 31.1 Å². The number of carbonyl (C=O) groups is 4. The van der Waals surface area contributed by atoms with Crippen molar-refractivity contribution in [1.82, 2.24) is 9.80 Å². The number of aliphatic hydroxyl groups is 3. The van der Waals surface area contributed by atoms with Gasteiger partial charge in [0.05, 0.1) is 28.7 Å². The van der Waals surface area contributed by atoms with Gasteiger partial charge in [0.15, 0.2) is 15.5 Å². The highest BCUT2D eigenvalue weighted by Crippen LogP contribution is 2.68. The number of Topliss-reactive ketones (excluding diaryl/α,β-unsaturated/α-hetero) is 2. The van der Waals surface area contributed by atoms with Crippen LogP contribution in [0.15, 0.2) is 0 Å². The number of nitrogens with zero attached hydrogens (tertiary/aromatic N) is 2. The van der Waals surface area contributed by atoms with Crippen molar-refractivity contribution < 1.29 is 34.5 Å². The summed E-state index contributed by atoms with van der Waals surface area (Å²) >= 11 is 0.963. The number of ketones is 2. The second-order valence-electron chi connectivity index (χ2n) is 9.32. The number of rotatable bonds is 0. The molecule has 5 aliphatic heterocycles. The lowest BCUT2D eigenvalue weighted by Crippen LogP contribution is -2.74. The Balaban J connectivity index is 1.44. The van der Waals surface area contributed by atoms with E-state index < -0.39 is 63.1 Å². The molecule has 5 saturated heterocycles. The number of piperazine rings is 1. The van der Waals surface area contributed by atoms with Gasteiger partial charge >= 0.3 is 0 Å². The van der Waals surface area contributed by atoms with Crippen molar-refractivity contribution in [1.29, 1.82) is 0 Å². The number of carbonyl (C=O) groups excluding carboxylic acids is 4. The van der Waals surface area contributed by atoms with E-state index in [4.69, 9.17) is 0 Å². The van der Waals surface area contributed by atoms with Gasteiger partial charge < -0.3 is 25.1 Å². The summed E-state index contributed by atoms with van der Waals surface area (Å²) < 4.78 is 0. The van der Waals surface area contributed by atoms with Gasteiger partial charge in [-0.05, 0) is 0 Å². The van der Waals surface area contributed by atoms with E-state index in [1.165, 1.54) is 31.4 Å². The highest BCUT2D eigenvalue weighted by atomic mass is 33.1. The molecule has 0 aromatic carbocycles.